The van der Waals surface area contributed by atoms with E-state index in [9.17, 15) is 4.79 Å². The number of hydrogen-bond acceptors (Lipinski definition) is 5. The molecule has 0 spiro atoms. The minimum Gasteiger partial charge on any atom is -0.485 e. The van der Waals surface area contributed by atoms with Crippen LogP contribution in [0.2, 0.25) is 5.02 Å². The van der Waals surface area contributed by atoms with Gasteiger partial charge in [0.25, 0.3) is 5.91 Å². The Balaban J connectivity index is 1.56. The van der Waals surface area contributed by atoms with Crippen molar-refractivity contribution in [2.75, 3.05) is 25.5 Å². The topological polar surface area (TPSA) is 54.5 Å². The molecule has 2 aromatic rings. The largest absolute Gasteiger partial charge is 0.485 e. The maximum atomic E-state index is 12.2. The zero-order chi connectivity index (χ0) is 14.8. The number of thiazole rings is 1. The molecule has 1 aromatic carbocycles. The quantitative estimate of drug-likeness (QED) is 0.940. The van der Waals surface area contributed by atoms with Crippen molar-refractivity contribution < 1.29 is 9.53 Å². The molecule has 0 saturated carbocycles. The summed E-state index contributed by atoms with van der Waals surface area (Å²) < 4.78 is 5.77. The van der Waals surface area contributed by atoms with E-state index in [2.05, 4.69) is 10.3 Å². The van der Waals surface area contributed by atoms with E-state index in [1.54, 1.807) is 24.2 Å². The molecule has 0 aliphatic carbocycles. The Labute approximate surface area is 131 Å². The van der Waals surface area contributed by atoms with E-state index < -0.39 is 0 Å². The van der Waals surface area contributed by atoms with Crippen LogP contribution in [0, 0.1) is 0 Å². The van der Waals surface area contributed by atoms with Gasteiger partial charge in [-0.2, -0.15) is 0 Å². The number of nitrogens with one attached hydrogen (secondary N) is 1. The van der Waals surface area contributed by atoms with E-state index in [-0.39, 0.29) is 12.0 Å². The molecule has 1 aliphatic rings. The lowest BCUT2D eigenvalue weighted by Gasteiger charge is -2.38. The standard InChI is InChI=1S/C14H14ClN3O2S/c1-16-14-17-6-12(21-14)13(19)18-7-9(8-18)20-11-5-3-2-4-10(11)15/h2-6,9H,7-8H2,1H3,(H,16,17). The number of carbonyl (C=O) groups excluding carboxylic acids is 1. The van der Waals surface area contributed by atoms with Crippen LogP contribution in [0.4, 0.5) is 5.13 Å². The first kappa shape index (κ1) is 14.2. The van der Waals surface area contributed by atoms with Gasteiger partial charge in [0.2, 0.25) is 0 Å². The van der Waals surface area contributed by atoms with Crippen LogP contribution >= 0.6 is 22.9 Å². The predicted molar refractivity (Wildman–Crippen MR) is 83.4 cm³/mol. The number of hydrogen-bond donors (Lipinski definition) is 1. The first-order valence-electron chi connectivity index (χ1n) is 6.51. The number of halogens is 1. The highest BCUT2D eigenvalue weighted by atomic mass is 35.5. The number of rotatable bonds is 4. The Morgan fingerprint density at radius 3 is 2.90 bits per heavy atom. The molecule has 1 fully saturated rings. The van der Waals surface area contributed by atoms with Crippen LogP contribution in [0.3, 0.4) is 0 Å². The number of benzene rings is 1. The summed E-state index contributed by atoms with van der Waals surface area (Å²) >= 11 is 7.39. The van der Waals surface area contributed by atoms with Crippen LogP contribution < -0.4 is 10.1 Å². The van der Waals surface area contributed by atoms with Gasteiger partial charge >= 0.3 is 0 Å². The summed E-state index contributed by atoms with van der Waals surface area (Å²) in [6.45, 7) is 1.13. The van der Waals surface area contributed by atoms with Crippen molar-refractivity contribution in [3.63, 3.8) is 0 Å². The van der Waals surface area contributed by atoms with Gasteiger partial charge in [0, 0.05) is 7.05 Å². The van der Waals surface area contributed by atoms with Crippen LogP contribution in [0.1, 0.15) is 9.67 Å². The molecule has 0 bridgehead atoms. The Hall–Kier alpha value is -1.79. The van der Waals surface area contributed by atoms with Gasteiger partial charge in [0.15, 0.2) is 5.13 Å². The molecule has 1 aliphatic heterocycles. The number of carbonyl (C=O) groups is 1. The highest BCUT2D eigenvalue weighted by Crippen LogP contribution is 2.27. The van der Waals surface area contributed by atoms with Gasteiger partial charge in [-0.3, -0.25) is 4.79 Å². The summed E-state index contributed by atoms with van der Waals surface area (Å²) in [5, 5.41) is 4.25. The van der Waals surface area contributed by atoms with Crippen molar-refractivity contribution in [1.29, 1.82) is 0 Å². The summed E-state index contributed by atoms with van der Waals surface area (Å²) in [4.78, 5) is 18.7. The normalized spacial score (nSPS) is 14.7. The second kappa shape index (κ2) is 5.91. The van der Waals surface area contributed by atoms with Crippen molar-refractivity contribution in [3.8, 4) is 5.75 Å². The number of aromatic nitrogens is 1. The maximum Gasteiger partial charge on any atom is 0.265 e. The summed E-state index contributed by atoms with van der Waals surface area (Å²) in [5.41, 5.74) is 0. The molecule has 1 aromatic heterocycles. The third kappa shape index (κ3) is 2.96. The molecule has 0 unspecified atom stereocenters. The zero-order valence-corrected chi connectivity index (χ0v) is 12.9. The molecule has 2 heterocycles. The lowest BCUT2D eigenvalue weighted by molar-refractivity contribution is 0.0182. The fourth-order valence-electron chi connectivity index (χ4n) is 2.04. The molecular formula is C14H14ClN3O2S. The van der Waals surface area contributed by atoms with Crippen molar-refractivity contribution in [2.24, 2.45) is 0 Å². The number of para-hydroxylation sites is 1. The number of anilines is 1. The third-order valence-electron chi connectivity index (χ3n) is 3.20. The minimum absolute atomic E-state index is 0.00647. The summed E-state index contributed by atoms with van der Waals surface area (Å²) in [6.07, 6.45) is 1.59. The molecule has 1 saturated heterocycles. The Kier molecular flexibility index (Phi) is 3.98. The van der Waals surface area contributed by atoms with Crippen LogP contribution in [-0.2, 0) is 0 Å². The SMILES string of the molecule is CNc1ncc(C(=O)N2CC(Oc3ccccc3Cl)C2)s1. The molecule has 3 rings (SSSR count). The van der Waals surface area contributed by atoms with E-state index >= 15 is 0 Å². The Morgan fingerprint density at radius 1 is 1.48 bits per heavy atom. The average molecular weight is 324 g/mol. The van der Waals surface area contributed by atoms with Crippen molar-refractivity contribution >= 4 is 34.0 Å². The molecule has 7 heteroatoms. The monoisotopic (exact) mass is 323 g/mol. The zero-order valence-electron chi connectivity index (χ0n) is 11.4. The van der Waals surface area contributed by atoms with Crippen molar-refractivity contribution in [3.05, 3.63) is 40.4 Å². The van der Waals surface area contributed by atoms with Gasteiger partial charge in [-0.15, -0.1) is 0 Å². The van der Waals surface area contributed by atoms with E-state index in [4.69, 9.17) is 16.3 Å². The van der Waals surface area contributed by atoms with Gasteiger partial charge in [-0.05, 0) is 12.1 Å². The molecule has 5 nitrogen and oxygen atoms in total. The summed E-state index contributed by atoms with van der Waals surface area (Å²) in [7, 11) is 1.78. The van der Waals surface area contributed by atoms with Crippen molar-refractivity contribution in [2.45, 2.75) is 6.10 Å². The Morgan fingerprint density at radius 2 is 2.24 bits per heavy atom. The number of amides is 1. The molecule has 0 atom stereocenters. The average Bonchev–Trinajstić information content (AvgIpc) is 2.92. The highest BCUT2D eigenvalue weighted by molar-refractivity contribution is 7.17. The van der Waals surface area contributed by atoms with Crippen LogP contribution in [0.5, 0.6) is 5.75 Å². The number of ether oxygens (including phenoxy) is 1. The van der Waals surface area contributed by atoms with Gasteiger partial charge < -0.3 is 15.0 Å². The minimum atomic E-state index is -0.00876. The van der Waals surface area contributed by atoms with E-state index in [0.29, 0.717) is 28.7 Å². The summed E-state index contributed by atoms with van der Waals surface area (Å²) in [6, 6.07) is 7.35. The number of likely N-dealkylation sites (tertiary alicyclic amines) is 1. The third-order valence-corrected chi connectivity index (χ3v) is 4.51. The van der Waals surface area contributed by atoms with E-state index in [1.165, 1.54) is 11.3 Å². The molecule has 1 N–H and O–H groups in total. The molecule has 110 valence electrons. The van der Waals surface area contributed by atoms with Gasteiger partial charge in [0.05, 0.1) is 24.3 Å². The summed E-state index contributed by atoms with van der Waals surface area (Å²) in [5.74, 6) is 0.652. The van der Waals surface area contributed by atoms with Crippen LogP contribution in [-0.4, -0.2) is 42.0 Å². The fraction of sp³-hybridized carbons (Fsp3) is 0.286. The lowest BCUT2D eigenvalue weighted by Crippen LogP contribution is -2.56. The second-order valence-corrected chi connectivity index (χ2v) is 6.10. The number of nitrogens with zero attached hydrogens (tertiary/aromatic N) is 2. The molecule has 21 heavy (non-hydrogen) atoms. The molecular weight excluding hydrogens is 310 g/mol. The van der Waals surface area contributed by atoms with E-state index in [1.807, 2.05) is 18.2 Å². The van der Waals surface area contributed by atoms with E-state index in [0.717, 1.165) is 5.13 Å². The van der Waals surface area contributed by atoms with Crippen LogP contribution in [0.15, 0.2) is 30.5 Å². The fourth-order valence-corrected chi connectivity index (χ4v) is 2.96. The van der Waals surface area contributed by atoms with Gasteiger partial charge in [-0.25, -0.2) is 4.98 Å². The maximum absolute atomic E-state index is 12.2. The molecule has 1 amide bonds. The smallest absolute Gasteiger partial charge is 0.265 e. The van der Waals surface area contributed by atoms with Gasteiger partial charge in [-0.1, -0.05) is 35.1 Å². The molecule has 0 radical (unpaired) electrons. The van der Waals surface area contributed by atoms with Crippen LogP contribution in [0.25, 0.3) is 0 Å². The predicted octanol–water partition coefficient (Wildman–Crippen LogP) is 2.74. The van der Waals surface area contributed by atoms with Crippen molar-refractivity contribution in [1.82, 2.24) is 9.88 Å². The highest BCUT2D eigenvalue weighted by Gasteiger charge is 2.33. The Bertz CT molecular complexity index is 655. The second-order valence-electron chi connectivity index (χ2n) is 4.66. The first-order valence-corrected chi connectivity index (χ1v) is 7.71. The lowest BCUT2D eigenvalue weighted by atomic mass is 10.1. The first-order chi connectivity index (χ1) is 10.2. The van der Waals surface area contributed by atoms with Gasteiger partial charge in [0.1, 0.15) is 16.7 Å².